The standard InChI is InChI=1S/C15H22N2O3/c1-4-20-14(18)8-10-17(15(19)12(2)3)11-13-7-5-6-9-16-13/h5-7,9,12H,4,8,10-11H2,1-3H3. The lowest BCUT2D eigenvalue weighted by molar-refractivity contribution is -0.144. The second kappa shape index (κ2) is 8.30. The van der Waals surface area contributed by atoms with E-state index >= 15 is 0 Å². The van der Waals surface area contributed by atoms with Crippen molar-refractivity contribution in [3.63, 3.8) is 0 Å². The van der Waals surface area contributed by atoms with Crippen LogP contribution in [0, 0.1) is 5.92 Å². The molecule has 1 amide bonds. The van der Waals surface area contributed by atoms with E-state index in [1.807, 2.05) is 32.0 Å². The fourth-order valence-electron chi connectivity index (χ4n) is 1.78. The van der Waals surface area contributed by atoms with Crippen LogP contribution in [0.4, 0.5) is 0 Å². The van der Waals surface area contributed by atoms with Gasteiger partial charge in [0.25, 0.3) is 0 Å². The molecule has 0 unspecified atom stereocenters. The summed E-state index contributed by atoms with van der Waals surface area (Å²) in [5.41, 5.74) is 0.811. The normalized spacial score (nSPS) is 10.4. The van der Waals surface area contributed by atoms with Crippen molar-refractivity contribution in [1.82, 2.24) is 9.88 Å². The van der Waals surface area contributed by atoms with E-state index in [-0.39, 0.29) is 24.2 Å². The zero-order chi connectivity index (χ0) is 15.0. The molecule has 0 N–H and O–H groups in total. The number of nitrogens with zero attached hydrogens (tertiary/aromatic N) is 2. The number of carbonyl (C=O) groups excluding carboxylic acids is 2. The number of amides is 1. The van der Waals surface area contributed by atoms with Crippen molar-refractivity contribution in [3.05, 3.63) is 30.1 Å². The van der Waals surface area contributed by atoms with Gasteiger partial charge in [0.15, 0.2) is 0 Å². The minimum absolute atomic E-state index is 0.0138. The molecule has 0 saturated carbocycles. The monoisotopic (exact) mass is 278 g/mol. The van der Waals surface area contributed by atoms with Crippen LogP contribution in [0.1, 0.15) is 32.9 Å². The van der Waals surface area contributed by atoms with Crippen molar-refractivity contribution in [2.45, 2.75) is 33.7 Å². The van der Waals surface area contributed by atoms with Crippen LogP contribution >= 0.6 is 0 Å². The van der Waals surface area contributed by atoms with Gasteiger partial charge in [0, 0.05) is 18.7 Å². The summed E-state index contributed by atoms with van der Waals surface area (Å²) in [4.78, 5) is 29.5. The molecule has 0 radical (unpaired) electrons. The lowest BCUT2D eigenvalue weighted by Crippen LogP contribution is -2.35. The maximum absolute atomic E-state index is 12.2. The predicted octanol–water partition coefficient (Wildman–Crippen LogP) is 2.02. The number of hydrogen-bond donors (Lipinski definition) is 0. The molecule has 1 heterocycles. The SMILES string of the molecule is CCOC(=O)CCN(Cc1ccccn1)C(=O)C(C)C. The molecule has 5 heteroatoms. The van der Waals surface area contributed by atoms with Gasteiger partial charge in [0.05, 0.1) is 25.3 Å². The van der Waals surface area contributed by atoms with Crippen molar-refractivity contribution in [1.29, 1.82) is 0 Å². The third-order valence-corrected chi connectivity index (χ3v) is 2.78. The molecule has 0 atom stereocenters. The van der Waals surface area contributed by atoms with Crippen LogP contribution in [0.5, 0.6) is 0 Å². The van der Waals surface area contributed by atoms with Crippen molar-refractivity contribution >= 4 is 11.9 Å². The highest BCUT2D eigenvalue weighted by Crippen LogP contribution is 2.08. The molecule has 0 saturated heterocycles. The third-order valence-electron chi connectivity index (χ3n) is 2.78. The highest BCUT2D eigenvalue weighted by atomic mass is 16.5. The Morgan fingerprint density at radius 1 is 1.35 bits per heavy atom. The first-order valence-corrected chi connectivity index (χ1v) is 6.89. The number of ether oxygens (including phenoxy) is 1. The fourth-order valence-corrected chi connectivity index (χ4v) is 1.78. The fraction of sp³-hybridized carbons (Fsp3) is 0.533. The topological polar surface area (TPSA) is 59.5 Å². The molecule has 20 heavy (non-hydrogen) atoms. The van der Waals surface area contributed by atoms with Crippen LogP contribution in [-0.2, 0) is 20.9 Å². The first-order chi connectivity index (χ1) is 9.54. The van der Waals surface area contributed by atoms with E-state index in [0.717, 1.165) is 5.69 Å². The van der Waals surface area contributed by atoms with Crippen LogP contribution < -0.4 is 0 Å². The van der Waals surface area contributed by atoms with E-state index in [1.54, 1.807) is 18.0 Å². The summed E-state index contributed by atoms with van der Waals surface area (Å²) in [5, 5.41) is 0. The molecule has 0 fully saturated rings. The zero-order valence-electron chi connectivity index (χ0n) is 12.3. The number of carbonyl (C=O) groups is 2. The van der Waals surface area contributed by atoms with Crippen LogP contribution in [0.3, 0.4) is 0 Å². The van der Waals surface area contributed by atoms with Gasteiger partial charge < -0.3 is 9.64 Å². The molecule has 110 valence electrons. The summed E-state index contributed by atoms with van der Waals surface area (Å²) in [6.45, 7) is 6.58. The van der Waals surface area contributed by atoms with Crippen LogP contribution in [0.15, 0.2) is 24.4 Å². The van der Waals surface area contributed by atoms with E-state index in [1.165, 1.54) is 0 Å². The molecule has 0 spiro atoms. The van der Waals surface area contributed by atoms with Gasteiger partial charge in [-0.25, -0.2) is 0 Å². The van der Waals surface area contributed by atoms with E-state index < -0.39 is 0 Å². The summed E-state index contributed by atoms with van der Waals surface area (Å²) in [6, 6.07) is 5.58. The highest BCUT2D eigenvalue weighted by molar-refractivity contribution is 5.79. The summed E-state index contributed by atoms with van der Waals surface area (Å²) in [5.74, 6) is -0.379. The Morgan fingerprint density at radius 3 is 2.65 bits per heavy atom. The second-order valence-electron chi connectivity index (χ2n) is 4.79. The zero-order valence-corrected chi connectivity index (χ0v) is 12.3. The van der Waals surface area contributed by atoms with Gasteiger partial charge in [-0.3, -0.25) is 14.6 Å². The first kappa shape index (κ1) is 16.1. The average molecular weight is 278 g/mol. The van der Waals surface area contributed by atoms with Gasteiger partial charge in [0.2, 0.25) is 5.91 Å². The molecular formula is C15H22N2O3. The minimum atomic E-state index is -0.282. The minimum Gasteiger partial charge on any atom is -0.466 e. The van der Waals surface area contributed by atoms with E-state index in [4.69, 9.17) is 4.74 Å². The Balaban J connectivity index is 2.66. The van der Waals surface area contributed by atoms with Crippen molar-refractivity contribution < 1.29 is 14.3 Å². The molecule has 0 aliphatic heterocycles. The number of hydrogen-bond acceptors (Lipinski definition) is 4. The summed E-state index contributed by atoms with van der Waals surface area (Å²) in [7, 11) is 0. The van der Waals surface area contributed by atoms with Crippen molar-refractivity contribution in [2.75, 3.05) is 13.2 Å². The average Bonchev–Trinajstić information content (AvgIpc) is 2.44. The van der Waals surface area contributed by atoms with Gasteiger partial charge in [-0.05, 0) is 19.1 Å². The second-order valence-corrected chi connectivity index (χ2v) is 4.79. The Kier molecular flexibility index (Phi) is 6.70. The quantitative estimate of drug-likeness (QED) is 0.716. The number of pyridine rings is 1. The number of aromatic nitrogens is 1. The molecule has 0 aliphatic carbocycles. The Hall–Kier alpha value is -1.91. The van der Waals surface area contributed by atoms with Gasteiger partial charge in [0.1, 0.15) is 0 Å². The Labute approximate surface area is 119 Å². The Bertz CT molecular complexity index is 432. The maximum Gasteiger partial charge on any atom is 0.307 e. The molecule has 1 aromatic heterocycles. The van der Waals surface area contributed by atoms with E-state index in [0.29, 0.717) is 19.7 Å². The summed E-state index contributed by atoms with van der Waals surface area (Å²) in [6.07, 6.45) is 1.90. The molecular weight excluding hydrogens is 256 g/mol. The summed E-state index contributed by atoms with van der Waals surface area (Å²) < 4.78 is 4.89. The van der Waals surface area contributed by atoms with E-state index in [9.17, 15) is 9.59 Å². The van der Waals surface area contributed by atoms with Crippen LogP contribution in [-0.4, -0.2) is 34.9 Å². The summed E-state index contributed by atoms with van der Waals surface area (Å²) >= 11 is 0. The lowest BCUT2D eigenvalue weighted by atomic mass is 10.1. The molecule has 0 bridgehead atoms. The van der Waals surface area contributed by atoms with Crippen LogP contribution in [0.2, 0.25) is 0 Å². The van der Waals surface area contributed by atoms with Gasteiger partial charge >= 0.3 is 5.97 Å². The van der Waals surface area contributed by atoms with Gasteiger partial charge in [-0.2, -0.15) is 0 Å². The first-order valence-electron chi connectivity index (χ1n) is 6.89. The molecule has 5 nitrogen and oxygen atoms in total. The van der Waals surface area contributed by atoms with Gasteiger partial charge in [-0.1, -0.05) is 19.9 Å². The van der Waals surface area contributed by atoms with Crippen LogP contribution in [0.25, 0.3) is 0 Å². The molecule has 0 aromatic carbocycles. The smallest absolute Gasteiger partial charge is 0.307 e. The number of esters is 1. The highest BCUT2D eigenvalue weighted by Gasteiger charge is 2.19. The van der Waals surface area contributed by atoms with Gasteiger partial charge in [-0.15, -0.1) is 0 Å². The largest absolute Gasteiger partial charge is 0.466 e. The van der Waals surface area contributed by atoms with Crippen molar-refractivity contribution in [2.24, 2.45) is 5.92 Å². The third kappa shape index (κ3) is 5.38. The molecule has 1 aromatic rings. The van der Waals surface area contributed by atoms with Crippen molar-refractivity contribution in [3.8, 4) is 0 Å². The van der Waals surface area contributed by atoms with E-state index in [2.05, 4.69) is 4.98 Å². The Morgan fingerprint density at radius 2 is 2.10 bits per heavy atom. The predicted molar refractivity (Wildman–Crippen MR) is 75.7 cm³/mol. The lowest BCUT2D eigenvalue weighted by Gasteiger charge is -2.23. The number of rotatable bonds is 7. The maximum atomic E-state index is 12.2. The molecule has 0 aliphatic rings. The molecule has 1 rings (SSSR count).